The van der Waals surface area contributed by atoms with E-state index in [2.05, 4.69) is 27.3 Å². The zero-order valence-electron chi connectivity index (χ0n) is 14.9. The first kappa shape index (κ1) is 17.1. The lowest BCUT2D eigenvalue weighted by Crippen LogP contribution is -2.12. The molecule has 3 aromatic rings. The zero-order chi connectivity index (χ0) is 17.8. The summed E-state index contributed by atoms with van der Waals surface area (Å²) < 4.78 is 3.84. The van der Waals surface area contributed by atoms with Crippen molar-refractivity contribution < 1.29 is 4.79 Å². The Morgan fingerprint density at radius 1 is 1.04 bits per heavy atom. The maximum atomic E-state index is 11.7. The van der Waals surface area contributed by atoms with Crippen molar-refractivity contribution in [1.82, 2.24) is 24.5 Å². The van der Waals surface area contributed by atoms with Gasteiger partial charge in [-0.1, -0.05) is 30.3 Å². The van der Waals surface area contributed by atoms with Crippen LogP contribution in [0.25, 0.3) is 0 Å². The predicted molar refractivity (Wildman–Crippen MR) is 95.6 cm³/mol. The molecule has 0 atom stereocenters. The highest BCUT2D eigenvalue weighted by atomic mass is 16.1. The number of rotatable bonds is 7. The molecular weight excluding hydrogens is 314 g/mol. The van der Waals surface area contributed by atoms with Gasteiger partial charge in [-0.25, -0.2) is 9.67 Å². The largest absolute Gasteiger partial charge is 0.294 e. The van der Waals surface area contributed by atoms with E-state index < -0.39 is 0 Å². The van der Waals surface area contributed by atoms with Gasteiger partial charge < -0.3 is 0 Å². The average molecular weight is 337 g/mol. The van der Waals surface area contributed by atoms with Gasteiger partial charge in [0, 0.05) is 25.2 Å². The molecule has 2 aromatic heterocycles. The predicted octanol–water partition coefficient (Wildman–Crippen LogP) is 2.78. The molecule has 1 aromatic carbocycles. The van der Waals surface area contributed by atoms with Gasteiger partial charge in [0.1, 0.15) is 12.2 Å². The van der Waals surface area contributed by atoms with Crippen LogP contribution in [-0.4, -0.2) is 30.3 Å². The number of ketones is 1. The fraction of sp³-hybridized carbons (Fsp3) is 0.368. The number of carbonyl (C=O) groups excluding carboxylic acids is 1. The molecule has 0 saturated heterocycles. The van der Waals surface area contributed by atoms with Crippen molar-refractivity contribution in [1.29, 1.82) is 0 Å². The summed E-state index contributed by atoms with van der Waals surface area (Å²) in [6, 6.07) is 10.4. The van der Waals surface area contributed by atoms with E-state index in [0.717, 1.165) is 42.2 Å². The van der Waals surface area contributed by atoms with E-state index in [0.29, 0.717) is 6.54 Å². The van der Waals surface area contributed by atoms with Gasteiger partial charge in [-0.05, 0) is 32.8 Å². The Balaban J connectivity index is 1.66. The average Bonchev–Trinajstić information content (AvgIpc) is 3.15. The van der Waals surface area contributed by atoms with Crippen LogP contribution in [0.2, 0.25) is 0 Å². The molecule has 0 radical (unpaired) electrons. The molecule has 0 aliphatic heterocycles. The molecule has 0 N–H and O–H groups in total. The molecule has 130 valence electrons. The highest BCUT2D eigenvalue weighted by Gasteiger charge is 2.15. The molecule has 6 heteroatoms. The molecular formula is C19H23N5O. The third-order valence-electron chi connectivity index (χ3n) is 4.43. The lowest BCUT2D eigenvalue weighted by atomic mass is 10.1. The van der Waals surface area contributed by atoms with E-state index in [9.17, 15) is 4.79 Å². The number of aryl methyl sites for hydroxylation is 5. The maximum absolute atomic E-state index is 11.7. The number of benzene rings is 1. The second-order valence-electron chi connectivity index (χ2n) is 6.21. The number of carbonyl (C=O) groups is 1. The van der Waals surface area contributed by atoms with Gasteiger partial charge in [0.2, 0.25) is 0 Å². The summed E-state index contributed by atoms with van der Waals surface area (Å²) in [6.07, 6.45) is 3.25. The van der Waals surface area contributed by atoms with Gasteiger partial charge >= 0.3 is 0 Å². The quantitative estimate of drug-likeness (QED) is 0.622. The van der Waals surface area contributed by atoms with Crippen LogP contribution < -0.4 is 0 Å². The normalized spacial score (nSPS) is 11.0. The van der Waals surface area contributed by atoms with Crippen molar-refractivity contribution in [3.8, 4) is 0 Å². The fourth-order valence-corrected chi connectivity index (χ4v) is 3.18. The van der Waals surface area contributed by atoms with Gasteiger partial charge in [0.15, 0.2) is 5.78 Å². The SMILES string of the molecule is CC(=O)c1c(C)nn(CCc2ncnn2CCc2ccccc2)c1C. The van der Waals surface area contributed by atoms with Crippen LogP contribution in [0, 0.1) is 13.8 Å². The Kier molecular flexibility index (Phi) is 5.07. The number of hydrogen-bond donors (Lipinski definition) is 0. The Morgan fingerprint density at radius 2 is 1.76 bits per heavy atom. The minimum absolute atomic E-state index is 0.0623. The van der Waals surface area contributed by atoms with Crippen LogP contribution in [-0.2, 0) is 25.9 Å². The summed E-state index contributed by atoms with van der Waals surface area (Å²) >= 11 is 0. The van der Waals surface area contributed by atoms with E-state index in [1.165, 1.54) is 5.56 Å². The molecule has 25 heavy (non-hydrogen) atoms. The van der Waals surface area contributed by atoms with Crippen LogP contribution >= 0.6 is 0 Å². The number of hydrogen-bond acceptors (Lipinski definition) is 4. The van der Waals surface area contributed by atoms with Crippen molar-refractivity contribution in [2.75, 3.05) is 0 Å². The first-order valence-electron chi connectivity index (χ1n) is 8.52. The van der Waals surface area contributed by atoms with Crippen molar-refractivity contribution in [2.24, 2.45) is 0 Å². The molecule has 6 nitrogen and oxygen atoms in total. The summed E-state index contributed by atoms with van der Waals surface area (Å²) in [5.41, 5.74) is 3.72. The summed E-state index contributed by atoms with van der Waals surface area (Å²) in [6.45, 7) is 6.89. The molecule has 3 rings (SSSR count). The van der Waals surface area contributed by atoms with E-state index in [1.54, 1.807) is 13.3 Å². The summed E-state index contributed by atoms with van der Waals surface area (Å²) in [5, 5.41) is 8.83. The Labute approximate surface area is 147 Å². The number of nitrogens with zero attached hydrogens (tertiary/aromatic N) is 5. The minimum atomic E-state index is 0.0623. The third-order valence-corrected chi connectivity index (χ3v) is 4.43. The second-order valence-corrected chi connectivity index (χ2v) is 6.21. The van der Waals surface area contributed by atoms with Crippen LogP contribution in [0.4, 0.5) is 0 Å². The number of aromatic nitrogens is 5. The van der Waals surface area contributed by atoms with E-state index in [-0.39, 0.29) is 5.78 Å². The molecule has 0 unspecified atom stereocenters. The first-order chi connectivity index (χ1) is 12.1. The van der Waals surface area contributed by atoms with E-state index in [4.69, 9.17) is 0 Å². The lowest BCUT2D eigenvalue weighted by Gasteiger charge is -2.08. The molecule has 0 fully saturated rings. The Hall–Kier alpha value is -2.76. The summed E-state index contributed by atoms with van der Waals surface area (Å²) in [7, 11) is 0. The van der Waals surface area contributed by atoms with E-state index in [1.807, 2.05) is 41.4 Å². The molecule has 0 spiro atoms. The van der Waals surface area contributed by atoms with Crippen LogP contribution in [0.3, 0.4) is 0 Å². The van der Waals surface area contributed by atoms with Crippen molar-refractivity contribution in [3.05, 3.63) is 65.0 Å². The highest BCUT2D eigenvalue weighted by Crippen LogP contribution is 2.14. The molecule has 0 bridgehead atoms. The van der Waals surface area contributed by atoms with Crippen LogP contribution in [0.5, 0.6) is 0 Å². The fourth-order valence-electron chi connectivity index (χ4n) is 3.18. The maximum Gasteiger partial charge on any atom is 0.163 e. The van der Waals surface area contributed by atoms with Crippen LogP contribution in [0.1, 0.15) is 40.1 Å². The third kappa shape index (κ3) is 3.84. The smallest absolute Gasteiger partial charge is 0.163 e. The summed E-state index contributed by atoms with van der Waals surface area (Å²) in [4.78, 5) is 16.1. The standard InChI is InChI=1S/C19H23N5O/c1-14-19(16(3)25)15(2)23(22-14)12-10-18-20-13-21-24(18)11-9-17-7-5-4-6-8-17/h4-8,13H,9-12H2,1-3H3. The van der Waals surface area contributed by atoms with Crippen molar-refractivity contribution in [3.63, 3.8) is 0 Å². The monoisotopic (exact) mass is 337 g/mol. The van der Waals surface area contributed by atoms with Gasteiger partial charge in [-0.3, -0.25) is 9.48 Å². The molecule has 0 saturated carbocycles. The highest BCUT2D eigenvalue weighted by molar-refractivity contribution is 5.96. The van der Waals surface area contributed by atoms with Crippen LogP contribution in [0.15, 0.2) is 36.7 Å². The lowest BCUT2D eigenvalue weighted by molar-refractivity contribution is 0.101. The van der Waals surface area contributed by atoms with Gasteiger partial charge in [0.25, 0.3) is 0 Å². The van der Waals surface area contributed by atoms with Gasteiger partial charge in [-0.15, -0.1) is 0 Å². The summed E-state index contributed by atoms with van der Waals surface area (Å²) in [5.74, 6) is 1.00. The Bertz CT molecular complexity index is 863. The topological polar surface area (TPSA) is 65.6 Å². The second kappa shape index (κ2) is 7.42. The van der Waals surface area contributed by atoms with Crippen molar-refractivity contribution >= 4 is 5.78 Å². The number of Topliss-reactive ketones (excluding diaryl/α,β-unsaturated/α-hetero) is 1. The van der Waals surface area contributed by atoms with Gasteiger partial charge in [0.05, 0.1) is 11.3 Å². The van der Waals surface area contributed by atoms with Crippen molar-refractivity contribution in [2.45, 2.75) is 46.7 Å². The molecule has 0 amide bonds. The Morgan fingerprint density at radius 3 is 2.44 bits per heavy atom. The van der Waals surface area contributed by atoms with Gasteiger partial charge in [-0.2, -0.15) is 10.2 Å². The zero-order valence-corrected chi connectivity index (χ0v) is 14.9. The molecule has 0 aliphatic rings. The minimum Gasteiger partial charge on any atom is -0.294 e. The molecule has 0 aliphatic carbocycles. The van der Waals surface area contributed by atoms with E-state index >= 15 is 0 Å². The molecule has 2 heterocycles. The first-order valence-corrected chi connectivity index (χ1v) is 8.52.